The normalized spacial score (nSPS) is 10.6. The fraction of sp³-hybridized carbons (Fsp3) is 0.556. The van der Waals surface area contributed by atoms with Crippen LogP contribution in [0.5, 0.6) is 5.75 Å². The summed E-state index contributed by atoms with van der Waals surface area (Å²) >= 11 is 0. The predicted octanol–water partition coefficient (Wildman–Crippen LogP) is 1.42. The van der Waals surface area contributed by atoms with Gasteiger partial charge in [-0.15, -0.1) is 0 Å². The number of carbonyl (C=O) groups excluding carboxylic acids is 1. The largest absolute Gasteiger partial charge is 0.491 e. The lowest BCUT2D eigenvalue weighted by molar-refractivity contribution is -0.138. The van der Waals surface area contributed by atoms with Crippen LogP contribution in [0.15, 0.2) is 24.3 Å². The number of carboxylic acids is 1. The molecule has 146 valence electrons. The van der Waals surface area contributed by atoms with E-state index in [0.29, 0.717) is 64.2 Å². The minimum Gasteiger partial charge on any atom is -0.491 e. The van der Waals surface area contributed by atoms with Crippen LogP contribution in [0.25, 0.3) is 0 Å². The van der Waals surface area contributed by atoms with E-state index in [1.807, 2.05) is 0 Å². The van der Waals surface area contributed by atoms with Crippen LogP contribution >= 0.6 is 0 Å². The van der Waals surface area contributed by atoms with Gasteiger partial charge < -0.3 is 28.8 Å². The van der Waals surface area contributed by atoms with Crippen molar-refractivity contribution < 1.29 is 38.4 Å². The van der Waals surface area contributed by atoms with Crippen molar-refractivity contribution in [3.8, 4) is 5.75 Å². The van der Waals surface area contributed by atoms with Gasteiger partial charge in [0.15, 0.2) is 0 Å². The molecule has 0 unspecified atom stereocenters. The number of carboxylic acid groups (broad SMARTS) is 1. The molecule has 0 radical (unpaired) electrons. The van der Waals surface area contributed by atoms with Crippen LogP contribution in [0.1, 0.15) is 16.8 Å². The first kappa shape index (κ1) is 22.0. The monoisotopic (exact) mass is 370 g/mol. The predicted molar refractivity (Wildman–Crippen MR) is 92.9 cm³/mol. The van der Waals surface area contributed by atoms with Crippen molar-refractivity contribution in [1.29, 1.82) is 0 Å². The van der Waals surface area contributed by atoms with Crippen LogP contribution in [-0.4, -0.2) is 76.8 Å². The topological polar surface area (TPSA) is 101 Å². The van der Waals surface area contributed by atoms with Crippen LogP contribution in [0, 0.1) is 0 Å². The highest BCUT2D eigenvalue weighted by Gasteiger charge is 1.97. The molecular weight excluding hydrogens is 344 g/mol. The summed E-state index contributed by atoms with van der Waals surface area (Å²) in [7, 11) is 0. The molecular formula is C18H26O8. The summed E-state index contributed by atoms with van der Waals surface area (Å²) in [6.07, 6.45) is 0.787. The zero-order valence-corrected chi connectivity index (χ0v) is 14.8. The molecule has 1 aromatic carbocycles. The number of benzene rings is 1. The summed E-state index contributed by atoms with van der Waals surface area (Å²) in [6.45, 7) is 3.67. The van der Waals surface area contributed by atoms with Gasteiger partial charge in [0.1, 0.15) is 18.6 Å². The summed E-state index contributed by atoms with van der Waals surface area (Å²) in [5.74, 6) is -0.180. The lowest BCUT2D eigenvalue weighted by atomic mass is 10.2. The van der Waals surface area contributed by atoms with E-state index in [2.05, 4.69) is 0 Å². The van der Waals surface area contributed by atoms with Crippen molar-refractivity contribution in [2.75, 3.05) is 59.5 Å². The first-order valence-electron chi connectivity index (χ1n) is 8.43. The Balaban J connectivity index is 1.79. The van der Waals surface area contributed by atoms with E-state index in [0.717, 1.165) is 6.29 Å². The summed E-state index contributed by atoms with van der Waals surface area (Å²) in [5, 5.41) is 8.42. The van der Waals surface area contributed by atoms with Gasteiger partial charge >= 0.3 is 5.97 Å². The Bertz CT molecular complexity index is 488. The molecule has 1 N–H and O–H groups in total. The summed E-state index contributed by atoms with van der Waals surface area (Å²) in [4.78, 5) is 20.8. The third kappa shape index (κ3) is 12.4. The number of carbonyl (C=O) groups is 2. The molecule has 0 spiro atoms. The van der Waals surface area contributed by atoms with Gasteiger partial charge in [0, 0.05) is 5.56 Å². The highest BCUT2D eigenvalue weighted by molar-refractivity contribution is 5.74. The number of rotatable bonds is 17. The van der Waals surface area contributed by atoms with E-state index >= 15 is 0 Å². The molecule has 0 aliphatic carbocycles. The Morgan fingerprint density at radius 2 is 1.23 bits per heavy atom. The molecule has 0 saturated carbocycles. The van der Waals surface area contributed by atoms with Gasteiger partial charge in [0.05, 0.1) is 59.3 Å². The minimum absolute atomic E-state index is 0.000594. The second-order valence-electron chi connectivity index (χ2n) is 5.13. The number of aldehydes is 1. The van der Waals surface area contributed by atoms with Crippen LogP contribution in [0.2, 0.25) is 0 Å². The molecule has 0 heterocycles. The Morgan fingerprint density at radius 1 is 0.769 bits per heavy atom. The van der Waals surface area contributed by atoms with Gasteiger partial charge in [-0.2, -0.15) is 0 Å². The van der Waals surface area contributed by atoms with E-state index in [9.17, 15) is 9.59 Å². The van der Waals surface area contributed by atoms with Crippen LogP contribution in [-0.2, 0) is 23.7 Å². The van der Waals surface area contributed by atoms with E-state index < -0.39 is 5.97 Å². The smallest absolute Gasteiger partial charge is 0.305 e. The van der Waals surface area contributed by atoms with Crippen molar-refractivity contribution in [1.82, 2.24) is 0 Å². The second kappa shape index (κ2) is 15.3. The molecule has 1 aromatic rings. The molecule has 0 atom stereocenters. The highest BCUT2D eigenvalue weighted by Crippen LogP contribution is 2.10. The highest BCUT2D eigenvalue weighted by atomic mass is 16.6. The first-order chi connectivity index (χ1) is 12.7. The Kier molecular flexibility index (Phi) is 12.9. The van der Waals surface area contributed by atoms with Crippen LogP contribution in [0.4, 0.5) is 0 Å². The van der Waals surface area contributed by atoms with Crippen molar-refractivity contribution in [2.24, 2.45) is 0 Å². The third-order valence-electron chi connectivity index (χ3n) is 3.09. The average Bonchev–Trinajstić information content (AvgIpc) is 2.65. The molecule has 0 bridgehead atoms. The number of hydrogen-bond acceptors (Lipinski definition) is 7. The van der Waals surface area contributed by atoms with Gasteiger partial charge in [-0.3, -0.25) is 9.59 Å². The van der Waals surface area contributed by atoms with Gasteiger partial charge in [-0.05, 0) is 24.3 Å². The molecule has 0 aliphatic heterocycles. The average molecular weight is 370 g/mol. The lowest BCUT2D eigenvalue weighted by Crippen LogP contribution is -2.14. The Hall–Kier alpha value is -2.00. The number of ether oxygens (including phenoxy) is 5. The Labute approximate surface area is 152 Å². The van der Waals surface area contributed by atoms with E-state index in [-0.39, 0.29) is 13.0 Å². The number of hydrogen-bond donors (Lipinski definition) is 1. The summed E-state index contributed by atoms with van der Waals surface area (Å²) < 4.78 is 26.5. The Morgan fingerprint density at radius 3 is 1.69 bits per heavy atom. The zero-order valence-electron chi connectivity index (χ0n) is 14.8. The quantitative estimate of drug-likeness (QED) is 0.325. The van der Waals surface area contributed by atoms with Crippen molar-refractivity contribution in [3.05, 3.63) is 29.8 Å². The molecule has 0 aliphatic rings. The van der Waals surface area contributed by atoms with Crippen LogP contribution in [0.3, 0.4) is 0 Å². The molecule has 8 nitrogen and oxygen atoms in total. The van der Waals surface area contributed by atoms with Crippen molar-refractivity contribution in [2.45, 2.75) is 6.42 Å². The summed E-state index contributed by atoms with van der Waals surface area (Å²) in [5.41, 5.74) is 0.612. The molecule has 8 heteroatoms. The van der Waals surface area contributed by atoms with E-state index in [4.69, 9.17) is 28.8 Å². The SMILES string of the molecule is O=Cc1ccc(OCCOCCOCCOCCOCCC(=O)O)cc1. The lowest BCUT2D eigenvalue weighted by Gasteiger charge is -2.08. The van der Waals surface area contributed by atoms with Gasteiger partial charge in [0.25, 0.3) is 0 Å². The van der Waals surface area contributed by atoms with Gasteiger partial charge in [-0.25, -0.2) is 0 Å². The van der Waals surface area contributed by atoms with E-state index in [1.54, 1.807) is 24.3 Å². The molecule has 0 amide bonds. The molecule has 0 saturated heterocycles. The molecule has 0 aromatic heterocycles. The molecule has 1 rings (SSSR count). The van der Waals surface area contributed by atoms with Crippen LogP contribution < -0.4 is 4.74 Å². The standard InChI is InChI=1S/C18H26O8/c19-15-16-1-3-17(4-2-16)26-14-13-25-12-11-24-10-9-23-8-7-22-6-5-18(20)21/h1-4,15H,5-14H2,(H,20,21). The second-order valence-corrected chi connectivity index (χ2v) is 5.13. The maximum absolute atomic E-state index is 10.5. The fourth-order valence-corrected chi connectivity index (χ4v) is 1.78. The van der Waals surface area contributed by atoms with E-state index in [1.165, 1.54) is 0 Å². The summed E-state index contributed by atoms with van der Waals surface area (Å²) in [6, 6.07) is 6.87. The van der Waals surface area contributed by atoms with Gasteiger partial charge in [-0.1, -0.05) is 0 Å². The molecule has 0 fully saturated rings. The maximum Gasteiger partial charge on any atom is 0.305 e. The van der Waals surface area contributed by atoms with Gasteiger partial charge in [0.2, 0.25) is 0 Å². The van der Waals surface area contributed by atoms with Crippen molar-refractivity contribution in [3.63, 3.8) is 0 Å². The maximum atomic E-state index is 10.5. The molecule has 26 heavy (non-hydrogen) atoms. The fourth-order valence-electron chi connectivity index (χ4n) is 1.78. The third-order valence-corrected chi connectivity index (χ3v) is 3.09. The number of aliphatic carboxylic acids is 1. The minimum atomic E-state index is -0.874. The van der Waals surface area contributed by atoms with Crippen molar-refractivity contribution >= 4 is 12.3 Å². The first-order valence-corrected chi connectivity index (χ1v) is 8.43. The zero-order chi connectivity index (χ0) is 18.9.